The van der Waals surface area contributed by atoms with Gasteiger partial charge in [0.2, 0.25) is 0 Å². The van der Waals surface area contributed by atoms with Crippen molar-refractivity contribution in [3.05, 3.63) is 20.8 Å². The SMILES string of the molecule is O=C1NC(c2ccc(Br)s2)CN1CCO. The van der Waals surface area contributed by atoms with E-state index in [0.717, 1.165) is 8.66 Å². The first-order valence-corrected chi connectivity index (χ1v) is 6.23. The van der Waals surface area contributed by atoms with Crippen molar-refractivity contribution in [3.8, 4) is 0 Å². The van der Waals surface area contributed by atoms with Gasteiger partial charge in [0.15, 0.2) is 0 Å². The second-order valence-corrected chi connectivity index (χ2v) is 5.81. The van der Waals surface area contributed by atoms with Crippen LogP contribution in [0.1, 0.15) is 10.9 Å². The summed E-state index contributed by atoms with van der Waals surface area (Å²) in [6, 6.07) is 3.93. The van der Waals surface area contributed by atoms with Crippen LogP contribution < -0.4 is 5.32 Å². The molecule has 0 aromatic carbocycles. The molecule has 0 radical (unpaired) electrons. The molecule has 0 aliphatic carbocycles. The van der Waals surface area contributed by atoms with E-state index in [0.29, 0.717) is 13.1 Å². The largest absolute Gasteiger partial charge is 0.395 e. The van der Waals surface area contributed by atoms with Crippen molar-refractivity contribution in [1.82, 2.24) is 10.2 Å². The lowest BCUT2D eigenvalue weighted by Crippen LogP contribution is -2.30. The Balaban J connectivity index is 2.05. The molecule has 1 aliphatic rings. The van der Waals surface area contributed by atoms with Gasteiger partial charge in [-0.3, -0.25) is 0 Å². The minimum atomic E-state index is -0.0985. The highest BCUT2D eigenvalue weighted by atomic mass is 79.9. The topological polar surface area (TPSA) is 52.6 Å². The van der Waals surface area contributed by atoms with Crippen molar-refractivity contribution in [2.75, 3.05) is 19.7 Å². The lowest BCUT2D eigenvalue weighted by Gasteiger charge is -2.11. The Hall–Kier alpha value is -0.590. The van der Waals surface area contributed by atoms with Gasteiger partial charge in [0, 0.05) is 18.0 Å². The number of hydrogen-bond acceptors (Lipinski definition) is 3. The standard InChI is InChI=1S/C9H11BrN2O2S/c10-8-2-1-7(15-8)6-5-12(3-4-13)9(14)11-6/h1-2,6,13H,3-5H2,(H,11,14). The number of hydrogen-bond donors (Lipinski definition) is 2. The van der Waals surface area contributed by atoms with Gasteiger partial charge in [-0.05, 0) is 28.1 Å². The molecule has 0 bridgehead atoms. The van der Waals surface area contributed by atoms with E-state index in [4.69, 9.17) is 5.11 Å². The molecule has 15 heavy (non-hydrogen) atoms. The molecule has 0 spiro atoms. The van der Waals surface area contributed by atoms with Crippen LogP contribution in [0.5, 0.6) is 0 Å². The Morgan fingerprint density at radius 2 is 2.47 bits per heavy atom. The summed E-state index contributed by atoms with van der Waals surface area (Å²) in [4.78, 5) is 14.2. The molecule has 1 unspecified atom stereocenters. The van der Waals surface area contributed by atoms with Gasteiger partial charge in [0.25, 0.3) is 0 Å². The number of nitrogens with zero attached hydrogens (tertiary/aromatic N) is 1. The fraction of sp³-hybridized carbons (Fsp3) is 0.444. The number of carbonyl (C=O) groups excluding carboxylic acids is 1. The molecule has 1 aromatic rings. The third-order valence-electron chi connectivity index (χ3n) is 2.30. The van der Waals surface area contributed by atoms with E-state index in [1.807, 2.05) is 12.1 Å². The highest BCUT2D eigenvalue weighted by Crippen LogP contribution is 2.29. The highest BCUT2D eigenvalue weighted by molar-refractivity contribution is 9.11. The van der Waals surface area contributed by atoms with E-state index in [-0.39, 0.29) is 18.7 Å². The Morgan fingerprint density at radius 3 is 3.07 bits per heavy atom. The van der Waals surface area contributed by atoms with E-state index in [9.17, 15) is 4.79 Å². The normalized spacial score (nSPS) is 20.8. The zero-order chi connectivity index (χ0) is 10.8. The van der Waals surface area contributed by atoms with Gasteiger partial charge < -0.3 is 15.3 Å². The fourth-order valence-electron chi connectivity index (χ4n) is 1.58. The maximum absolute atomic E-state index is 11.5. The number of rotatable bonds is 3. The Morgan fingerprint density at radius 1 is 1.67 bits per heavy atom. The van der Waals surface area contributed by atoms with Crippen molar-refractivity contribution in [2.45, 2.75) is 6.04 Å². The summed E-state index contributed by atoms with van der Waals surface area (Å²) in [6.45, 7) is 1.04. The number of thiophene rings is 1. The highest BCUT2D eigenvalue weighted by Gasteiger charge is 2.29. The summed E-state index contributed by atoms with van der Waals surface area (Å²) in [5, 5.41) is 11.7. The average molecular weight is 291 g/mol. The molecule has 1 aromatic heterocycles. The van der Waals surface area contributed by atoms with Gasteiger partial charge in [-0.15, -0.1) is 11.3 Å². The average Bonchev–Trinajstić information content (AvgIpc) is 2.75. The van der Waals surface area contributed by atoms with E-state index >= 15 is 0 Å². The van der Waals surface area contributed by atoms with Crippen molar-refractivity contribution >= 4 is 33.3 Å². The van der Waals surface area contributed by atoms with Crippen LogP contribution in [0, 0.1) is 0 Å². The third kappa shape index (κ3) is 2.32. The van der Waals surface area contributed by atoms with Gasteiger partial charge >= 0.3 is 6.03 Å². The molecule has 1 saturated heterocycles. The van der Waals surface area contributed by atoms with Crippen LogP contribution in [0.4, 0.5) is 4.79 Å². The first-order chi connectivity index (χ1) is 7.20. The molecular weight excluding hydrogens is 280 g/mol. The number of urea groups is 1. The number of carbonyl (C=O) groups is 1. The van der Waals surface area contributed by atoms with Crippen LogP contribution in [0.3, 0.4) is 0 Å². The van der Waals surface area contributed by atoms with E-state index in [2.05, 4.69) is 21.2 Å². The van der Waals surface area contributed by atoms with Crippen LogP contribution >= 0.6 is 27.3 Å². The number of aliphatic hydroxyl groups excluding tert-OH is 1. The molecular formula is C9H11BrN2O2S. The van der Waals surface area contributed by atoms with Crippen molar-refractivity contribution < 1.29 is 9.90 Å². The number of nitrogens with one attached hydrogen (secondary N) is 1. The predicted octanol–water partition coefficient (Wildman–Crippen LogP) is 1.57. The van der Waals surface area contributed by atoms with E-state index < -0.39 is 0 Å². The lowest BCUT2D eigenvalue weighted by molar-refractivity contribution is 0.196. The van der Waals surface area contributed by atoms with Crippen LogP contribution in [0.2, 0.25) is 0 Å². The van der Waals surface area contributed by atoms with Crippen LogP contribution in [0.15, 0.2) is 15.9 Å². The Kier molecular flexibility index (Phi) is 3.28. The van der Waals surface area contributed by atoms with Crippen molar-refractivity contribution in [2.24, 2.45) is 0 Å². The number of halogens is 1. The lowest BCUT2D eigenvalue weighted by atomic mass is 10.2. The maximum Gasteiger partial charge on any atom is 0.318 e. The Labute approximate surface area is 100 Å². The number of amides is 2. The predicted molar refractivity (Wildman–Crippen MR) is 62.0 cm³/mol. The summed E-state index contributed by atoms with van der Waals surface area (Å²) >= 11 is 5.01. The molecule has 2 rings (SSSR count). The second kappa shape index (κ2) is 4.51. The smallest absolute Gasteiger partial charge is 0.318 e. The van der Waals surface area contributed by atoms with Crippen molar-refractivity contribution in [1.29, 1.82) is 0 Å². The van der Waals surface area contributed by atoms with Gasteiger partial charge in [-0.2, -0.15) is 0 Å². The molecule has 1 fully saturated rings. The van der Waals surface area contributed by atoms with Crippen molar-refractivity contribution in [3.63, 3.8) is 0 Å². The van der Waals surface area contributed by atoms with E-state index in [1.165, 1.54) is 0 Å². The summed E-state index contributed by atoms with van der Waals surface area (Å²) in [6.07, 6.45) is 0. The first-order valence-electron chi connectivity index (χ1n) is 4.62. The van der Waals surface area contributed by atoms with Crippen LogP contribution in [0.25, 0.3) is 0 Å². The van der Waals surface area contributed by atoms with Crippen LogP contribution in [-0.2, 0) is 0 Å². The molecule has 2 heterocycles. The minimum absolute atomic E-state index is 0.00821. The first kappa shape index (κ1) is 10.9. The van der Waals surface area contributed by atoms with Gasteiger partial charge in [-0.25, -0.2) is 4.79 Å². The number of β-amino-alcohol motifs (C(OH)–C–C–N with tert-alkyl or cyclic N) is 1. The quantitative estimate of drug-likeness (QED) is 0.888. The molecule has 1 atom stereocenters. The summed E-state index contributed by atoms with van der Waals surface area (Å²) < 4.78 is 1.06. The molecule has 6 heteroatoms. The molecule has 2 amide bonds. The van der Waals surface area contributed by atoms with Gasteiger partial charge in [-0.1, -0.05) is 0 Å². The van der Waals surface area contributed by atoms with Crippen LogP contribution in [-0.4, -0.2) is 35.7 Å². The zero-order valence-electron chi connectivity index (χ0n) is 7.94. The third-order valence-corrected chi connectivity index (χ3v) is 4.03. The maximum atomic E-state index is 11.5. The molecule has 2 N–H and O–H groups in total. The van der Waals surface area contributed by atoms with E-state index in [1.54, 1.807) is 16.2 Å². The molecule has 0 saturated carbocycles. The number of aliphatic hydroxyl groups is 1. The molecule has 1 aliphatic heterocycles. The second-order valence-electron chi connectivity index (χ2n) is 3.31. The van der Waals surface area contributed by atoms with Gasteiger partial charge in [0.05, 0.1) is 16.4 Å². The zero-order valence-corrected chi connectivity index (χ0v) is 10.3. The van der Waals surface area contributed by atoms with Gasteiger partial charge in [0.1, 0.15) is 0 Å². The fourth-order valence-corrected chi connectivity index (χ4v) is 3.05. The molecule has 82 valence electrons. The summed E-state index contributed by atoms with van der Waals surface area (Å²) in [5.41, 5.74) is 0. The summed E-state index contributed by atoms with van der Waals surface area (Å²) in [7, 11) is 0. The summed E-state index contributed by atoms with van der Waals surface area (Å²) in [5.74, 6) is 0. The monoisotopic (exact) mass is 290 g/mol. The molecule has 4 nitrogen and oxygen atoms in total. The Bertz CT molecular complexity index is 369. The minimum Gasteiger partial charge on any atom is -0.395 e.